The molecular weight excluding hydrogens is 200 g/mol. The van der Waals surface area contributed by atoms with Crippen molar-refractivity contribution in [2.24, 2.45) is 0 Å². The van der Waals surface area contributed by atoms with Crippen molar-refractivity contribution >= 4 is 5.97 Å². The molecule has 0 bridgehead atoms. The molecule has 90 valence electrons. The summed E-state index contributed by atoms with van der Waals surface area (Å²) < 4.78 is 5.57. The van der Waals surface area contributed by atoms with Crippen LogP contribution in [0.3, 0.4) is 0 Å². The molecular formula is C14H22O2. The highest BCUT2D eigenvalue weighted by atomic mass is 16.6. The first kappa shape index (κ1) is 13.0. The molecule has 0 spiro atoms. The third kappa shape index (κ3) is 3.51. The average molecular weight is 222 g/mol. The van der Waals surface area contributed by atoms with Gasteiger partial charge in [-0.15, -0.1) is 0 Å². The summed E-state index contributed by atoms with van der Waals surface area (Å²) in [4.78, 5) is 11.6. The van der Waals surface area contributed by atoms with Crippen molar-refractivity contribution in [3.05, 3.63) is 24.8 Å². The van der Waals surface area contributed by atoms with Crippen LogP contribution in [0.25, 0.3) is 0 Å². The average Bonchev–Trinajstić information content (AvgIpc) is 2.22. The molecule has 0 atom stereocenters. The van der Waals surface area contributed by atoms with Crippen LogP contribution in [0.4, 0.5) is 0 Å². The summed E-state index contributed by atoms with van der Waals surface area (Å²) in [5.74, 6) is -0.291. The van der Waals surface area contributed by atoms with Crippen LogP contribution in [0.2, 0.25) is 0 Å². The van der Waals surface area contributed by atoms with Gasteiger partial charge in [0.1, 0.15) is 5.60 Å². The minimum absolute atomic E-state index is 0.291. The van der Waals surface area contributed by atoms with E-state index in [-0.39, 0.29) is 5.97 Å². The normalized spacial score (nSPS) is 20.3. The first-order valence-corrected chi connectivity index (χ1v) is 6.12. The summed E-state index contributed by atoms with van der Waals surface area (Å²) in [5.41, 5.74) is 0.0134. The Balaban J connectivity index is 2.69. The summed E-state index contributed by atoms with van der Waals surface area (Å²) in [5, 5.41) is 0. The number of carbonyl (C=O) groups excluding carboxylic acids is 1. The second-order valence-electron chi connectivity index (χ2n) is 4.71. The molecule has 1 saturated carbocycles. The van der Waals surface area contributed by atoms with Crippen LogP contribution in [0.1, 0.15) is 51.9 Å². The topological polar surface area (TPSA) is 26.3 Å². The van der Waals surface area contributed by atoms with Crippen LogP contribution in [0.15, 0.2) is 24.8 Å². The Morgan fingerprint density at radius 3 is 2.12 bits per heavy atom. The smallest absolute Gasteiger partial charge is 0.333 e. The summed E-state index contributed by atoms with van der Waals surface area (Å²) in [6, 6.07) is 0. The zero-order chi connectivity index (χ0) is 12.0. The van der Waals surface area contributed by atoms with Gasteiger partial charge in [-0.2, -0.15) is 0 Å². The molecule has 0 aromatic rings. The second kappa shape index (κ2) is 5.88. The fourth-order valence-corrected chi connectivity index (χ4v) is 2.12. The van der Waals surface area contributed by atoms with Crippen molar-refractivity contribution in [2.45, 2.75) is 57.5 Å². The van der Waals surface area contributed by atoms with Crippen molar-refractivity contribution in [1.29, 1.82) is 0 Å². The molecule has 0 N–H and O–H groups in total. The fourth-order valence-electron chi connectivity index (χ4n) is 2.12. The van der Waals surface area contributed by atoms with Gasteiger partial charge in [-0.3, -0.25) is 0 Å². The molecule has 0 heterocycles. The Morgan fingerprint density at radius 1 is 1.19 bits per heavy atom. The van der Waals surface area contributed by atoms with E-state index in [1.165, 1.54) is 19.3 Å². The molecule has 0 aromatic heterocycles. The lowest BCUT2D eigenvalue weighted by atomic mass is 9.87. The third-order valence-electron chi connectivity index (χ3n) is 3.22. The molecule has 2 nitrogen and oxygen atoms in total. The van der Waals surface area contributed by atoms with E-state index in [0.29, 0.717) is 5.57 Å². The first-order valence-electron chi connectivity index (χ1n) is 6.12. The number of esters is 1. The maximum atomic E-state index is 11.6. The van der Waals surface area contributed by atoms with Crippen molar-refractivity contribution in [2.75, 3.05) is 0 Å². The highest BCUT2D eigenvalue weighted by Crippen LogP contribution is 2.31. The molecule has 0 aromatic carbocycles. The lowest BCUT2D eigenvalue weighted by Gasteiger charge is -2.32. The van der Waals surface area contributed by atoms with E-state index in [1.807, 2.05) is 0 Å². The largest absolute Gasteiger partial charge is 0.451 e. The third-order valence-corrected chi connectivity index (χ3v) is 3.22. The van der Waals surface area contributed by atoms with Gasteiger partial charge in [-0.25, -0.2) is 4.79 Å². The number of ether oxygens (including phenoxy) is 1. The quantitative estimate of drug-likeness (QED) is 0.413. The van der Waals surface area contributed by atoms with Crippen LogP contribution in [0.5, 0.6) is 0 Å². The van der Waals surface area contributed by atoms with Crippen LogP contribution in [-0.2, 0) is 9.53 Å². The molecule has 1 aliphatic carbocycles. The minimum atomic E-state index is -0.448. The summed E-state index contributed by atoms with van der Waals surface area (Å²) in [7, 11) is 0. The highest BCUT2D eigenvalue weighted by Gasteiger charge is 2.31. The molecule has 0 radical (unpaired) electrons. The van der Waals surface area contributed by atoms with Crippen molar-refractivity contribution in [1.82, 2.24) is 0 Å². The van der Waals surface area contributed by atoms with Crippen molar-refractivity contribution in [3.8, 4) is 0 Å². The zero-order valence-corrected chi connectivity index (χ0v) is 10.3. The van der Waals surface area contributed by atoms with Crippen LogP contribution in [-0.4, -0.2) is 11.6 Å². The van der Waals surface area contributed by atoms with Gasteiger partial charge in [0.15, 0.2) is 0 Å². The standard InChI is InChI=1S/C14H22O2/c1-4-14(16-13(15)12(2)3)10-8-6-5-7-9-11-14/h4H,1-2,5-11H2,3H3. The Kier molecular flexibility index (Phi) is 4.78. The van der Waals surface area contributed by atoms with Gasteiger partial charge in [0, 0.05) is 5.57 Å². The number of hydrogen-bond acceptors (Lipinski definition) is 2. The van der Waals surface area contributed by atoms with Crippen molar-refractivity contribution < 1.29 is 9.53 Å². The van der Waals surface area contributed by atoms with E-state index in [0.717, 1.165) is 25.7 Å². The summed E-state index contributed by atoms with van der Waals surface area (Å²) in [6.07, 6.45) is 9.55. The number of rotatable bonds is 3. The molecule has 0 unspecified atom stereocenters. The Bertz CT molecular complexity index is 270. The predicted octanol–water partition coefficient (Wildman–Crippen LogP) is 3.77. The minimum Gasteiger partial charge on any atom is -0.451 e. The maximum Gasteiger partial charge on any atom is 0.333 e. The monoisotopic (exact) mass is 222 g/mol. The second-order valence-corrected chi connectivity index (χ2v) is 4.71. The van der Waals surface area contributed by atoms with E-state index in [4.69, 9.17) is 4.74 Å². The Morgan fingerprint density at radius 2 is 1.69 bits per heavy atom. The van der Waals surface area contributed by atoms with Crippen LogP contribution < -0.4 is 0 Å². The van der Waals surface area contributed by atoms with E-state index in [1.54, 1.807) is 13.0 Å². The van der Waals surface area contributed by atoms with Gasteiger partial charge in [-0.05, 0) is 38.7 Å². The predicted molar refractivity (Wildman–Crippen MR) is 66.2 cm³/mol. The molecule has 0 aliphatic heterocycles. The summed E-state index contributed by atoms with van der Waals surface area (Å²) in [6.45, 7) is 9.14. The van der Waals surface area contributed by atoms with Gasteiger partial charge in [0.2, 0.25) is 0 Å². The zero-order valence-electron chi connectivity index (χ0n) is 10.3. The Hall–Kier alpha value is -1.05. The first-order chi connectivity index (χ1) is 7.59. The van der Waals surface area contributed by atoms with Crippen LogP contribution in [0, 0.1) is 0 Å². The van der Waals surface area contributed by atoms with Gasteiger partial charge < -0.3 is 4.74 Å². The SMILES string of the molecule is C=CC1(OC(=O)C(=C)C)CCCCCCC1. The van der Waals surface area contributed by atoms with E-state index in [2.05, 4.69) is 13.2 Å². The molecule has 16 heavy (non-hydrogen) atoms. The molecule has 0 amide bonds. The van der Waals surface area contributed by atoms with Crippen LogP contribution >= 0.6 is 0 Å². The van der Waals surface area contributed by atoms with E-state index >= 15 is 0 Å². The lowest BCUT2D eigenvalue weighted by Crippen LogP contribution is -2.33. The van der Waals surface area contributed by atoms with Gasteiger partial charge >= 0.3 is 5.97 Å². The van der Waals surface area contributed by atoms with Gasteiger partial charge in [0.05, 0.1) is 0 Å². The van der Waals surface area contributed by atoms with E-state index < -0.39 is 5.60 Å². The van der Waals surface area contributed by atoms with Crippen molar-refractivity contribution in [3.63, 3.8) is 0 Å². The van der Waals surface area contributed by atoms with Gasteiger partial charge in [0.25, 0.3) is 0 Å². The summed E-state index contributed by atoms with van der Waals surface area (Å²) >= 11 is 0. The number of carbonyl (C=O) groups is 1. The van der Waals surface area contributed by atoms with Gasteiger partial charge in [-0.1, -0.05) is 32.4 Å². The maximum absolute atomic E-state index is 11.6. The lowest BCUT2D eigenvalue weighted by molar-refractivity contribution is -0.151. The molecule has 0 saturated heterocycles. The van der Waals surface area contributed by atoms with E-state index in [9.17, 15) is 4.79 Å². The molecule has 1 rings (SSSR count). The fraction of sp³-hybridized carbons (Fsp3) is 0.643. The Labute approximate surface area is 98.4 Å². The highest BCUT2D eigenvalue weighted by molar-refractivity contribution is 5.87. The molecule has 1 aliphatic rings. The molecule has 1 fully saturated rings. The molecule has 2 heteroatoms. The number of hydrogen-bond donors (Lipinski definition) is 0.